The highest BCUT2D eigenvalue weighted by molar-refractivity contribution is 5.88. The number of esters is 2. The van der Waals surface area contributed by atoms with Crippen LogP contribution in [0.4, 0.5) is 4.79 Å². The number of hydrogen-bond donors (Lipinski definition) is 2. The van der Waals surface area contributed by atoms with Crippen LogP contribution in [0.15, 0.2) is 30.3 Å². The Balaban J connectivity index is 2.32. The van der Waals surface area contributed by atoms with Crippen LogP contribution in [0.3, 0.4) is 0 Å². The van der Waals surface area contributed by atoms with Crippen LogP contribution in [0.1, 0.15) is 40.2 Å². The van der Waals surface area contributed by atoms with Crippen molar-refractivity contribution in [2.24, 2.45) is 0 Å². The molecule has 0 spiro atoms. The van der Waals surface area contributed by atoms with Gasteiger partial charge in [0.2, 0.25) is 5.91 Å². The molecule has 9 heteroatoms. The average molecular weight is 408 g/mol. The lowest BCUT2D eigenvalue weighted by atomic mass is 10.2. The lowest BCUT2D eigenvalue weighted by Gasteiger charge is -2.23. The van der Waals surface area contributed by atoms with Crippen LogP contribution < -0.4 is 10.6 Å². The third-order valence-electron chi connectivity index (χ3n) is 3.37. The Morgan fingerprint density at radius 1 is 1.00 bits per heavy atom. The molecule has 0 aliphatic carbocycles. The first-order valence-corrected chi connectivity index (χ1v) is 9.15. The number of carbonyl (C=O) groups excluding carboxylic acids is 4. The Morgan fingerprint density at radius 2 is 1.62 bits per heavy atom. The minimum atomic E-state index is -1.12. The van der Waals surface area contributed by atoms with Crippen molar-refractivity contribution in [2.45, 2.75) is 59.0 Å². The molecule has 2 atom stereocenters. The molecule has 1 rings (SSSR count). The molecule has 1 aromatic rings. The first-order chi connectivity index (χ1) is 13.5. The van der Waals surface area contributed by atoms with Gasteiger partial charge in [-0.3, -0.25) is 4.79 Å². The second-order valence-corrected chi connectivity index (χ2v) is 7.32. The zero-order chi connectivity index (χ0) is 22.0. The van der Waals surface area contributed by atoms with E-state index in [2.05, 4.69) is 10.6 Å². The van der Waals surface area contributed by atoms with Crippen molar-refractivity contribution in [2.75, 3.05) is 6.54 Å². The second-order valence-electron chi connectivity index (χ2n) is 7.32. The van der Waals surface area contributed by atoms with E-state index in [9.17, 15) is 19.2 Å². The fraction of sp³-hybridized carbons (Fsp3) is 0.500. The van der Waals surface area contributed by atoms with Gasteiger partial charge < -0.3 is 24.8 Å². The Morgan fingerprint density at radius 3 is 2.21 bits per heavy atom. The Bertz CT molecular complexity index is 713. The van der Waals surface area contributed by atoms with Crippen molar-refractivity contribution in [3.05, 3.63) is 35.9 Å². The molecule has 2 N–H and O–H groups in total. The molecule has 0 bridgehead atoms. The Labute approximate surface area is 170 Å². The van der Waals surface area contributed by atoms with Gasteiger partial charge in [0, 0.05) is 0 Å². The van der Waals surface area contributed by atoms with Gasteiger partial charge in [-0.25, -0.2) is 14.4 Å². The molecule has 2 amide bonds. The van der Waals surface area contributed by atoms with E-state index in [-0.39, 0.29) is 13.2 Å². The topological polar surface area (TPSA) is 120 Å². The third kappa shape index (κ3) is 10.1. The van der Waals surface area contributed by atoms with E-state index in [1.807, 2.05) is 18.2 Å². The van der Waals surface area contributed by atoms with Crippen LogP contribution in [0.2, 0.25) is 0 Å². The van der Waals surface area contributed by atoms with Gasteiger partial charge in [0.25, 0.3) is 0 Å². The molecule has 9 nitrogen and oxygen atoms in total. The van der Waals surface area contributed by atoms with E-state index in [1.165, 1.54) is 13.8 Å². The molecule has 0 fully saturated rings. The van der Waals surface area contributed by atoms with Crippen molar-refractivity contribution in [1.29, 1.82) is 0 Å². The van der Waals surface area contributed by atoms with Gasteiger partial charge >= 0.3 is 18.0 Å². The summed E-state index contributed by atoms with van der Waals surface area (Å²) in [6.07, 6.45) is -1.88. The van der Waals surface area contributed by atoms with Gasteiger partial charge in [-0.2, -0.15) is 0 Å². The van der Waals surface area contributed by atoms with Crippen molar-refractivity contribution in [1.82, 2.24) is 10.6 Å². The molecule has 0 radical (unpaired) electrons. The summed E-state index contributed by atoms with van der Waals surface area (Å²) in [6.45, 7) is 7.55. The average Bonchev–Trinajstić information content (AvgIpc) is 2.64. The molecule has 160 valence electrons. The van der Waals surface area contributed by atoms with E-state index < -0.39 is 41.7 Å². The van der Waals surface area contributed by atoms with Crippen LogP contribution in [-0.2, 0) is 35.2 Å². The fourth-order valence-electron chi connectivity index (χ4n) is 1.99. The molecule has 1 aromatic carbocycles. The monoisotopic (exact) mass is 408 g/mol. The maximum absolute atomic E-state index is 12.0. The highest BCUT2D eigenvalue weighted by Gasteiger charge is 2.27. The minimum Gasteiger partial charge on any atom is -0.457 e. The number of nitrogens with one attached hydrogen (secondary N) is 2. The summed E-state index contributed by atoms with van der Waals surface area (Å²) in [6, 6.07) is 8.04. The number of hydrogen-bond acceptors (Lipinski definition) is 7. The second kappa shape index (κ2) is 11.0. The van der Waals surface area contributed by atoms with E-state index in [0.717, 1.165) is 5.56 Å². The number of benzene rings is 1. The van der Waals surface area contributed by atoms with E-state index in [0.29, 0.717) is 0 Å². The molecule has 0 unspecified atom stereocenters. The summed E-state index contributed by atoms with van der Waals surface area (Å²) in [7, 11) is 0. The summed E-state index contributed by atoms with van der Waals surface area (Å²) in [5.74, 6) is -2.10. The smallest absolute Gasteiger partial charge is 0.407 e. The molecule has 0 aromatic heterocycles. The molecule has 0 saturated heterocycles. The van der Waals surface area contributed by atoms with Crippen LogP contribution in [0.25, 0.3) is 0 Å². The van der Waals surface area contributed by atoms with Gasteiger partial charge in [0.1, 0.15) is 24.8 Å². The summed E-state index contributed by atoms with van der Waals surface area (Å²) in [5.41, 5.74) is 0.0980. The first kappa shape index (κ1) is 23.9. The summed E-state index contributed by atoms with van der Waals surface area (Å²) in [4.78, 5) is 47.3. The molecule has 0 heterocycles. The standard InChI is InChI=1S/C20H28N2O7/c1-13(17(24)28-14(2)18(25)29-20(3,4)5)22-16(23)11-21-19(26)27-12-15-9-7-6-8-10-15/h6-10,13-14H,11-12H2,1-5H3,(H,21,26)(H,22,23)/t13-,14-/m1/s1. The van der Waals surface area contributed by atoms with Gasteiger partial charge in [0.05, 0.1) is 0 Å². The number of ether oxygens (including phenoxy) is 3. The Kier molecular flexibility index (Phi) is 9.11. The lowest BCUT2D eigenvalue weighted by molar-refractivity contribution is -0.175. The van der Waals surface area contributed by atoms with Crippen LogP contribution in [-0.4, -0.2) is 48.2 Å². The molecule has 0 aliphatic rings. The van der Waals surface area contributed by atoms with Gasteiger partial charge in [0.15, 0.2) is 6.10 Å². The maximum atomic E-state index is 12.0. The highest BCUT2D eigenvalue weighted by Crippen LogP contribution is 2.10. The Hall–Kier alpha value is -3.10. The quantitative estimate of drug-likeness (QED) is 0.496. The zero-order valence-electron chi connectivity index (χ0n) is 17.3. The number of amides is 2. The summed E-state index contributed by atoms with van der Waals surface area (Å²) >= 11 is 0. The molecular formula is C20H28N2O7. The third-order valence-corrected chi connectivity index (χ3v) is 3.37. The number of alkyl carbamates (subject to hydrolysis) is 1. The molecule has 0 saturated carbocycles. The molecular weight excluding hydrogens is 380 g/mol. The summed E-state index contributed by atoms with van der Waals surface area (Å²) in [5, 5.41) is 4.65. The van der Waals surface area contributed by atoms with E-state index >= 15 is 0 Å². The van der Waals surface area contributed by atoms with Crippen molar-refractivity contribution >= 4 is 23.9 Å². The minimum absolute atomic E-state index is 0.0690. The van der Waals surface area contributed by atoms with Crippen LogP contribution >= 0.6 is 0 Å². The normalized spacial score (nSPS) is 12.9. The van der Waals surface area contributed by atoms with E-state index in [4.69, 9.17) is 14.2 Å². The van der Waals surface area contributed by atoms with Gasteiger partial charge in [-0.1, -0.05) is 30.3 Å². The van der Waals surface area contributed by atoms with Gasteiger partial charge in [-0.05, 0) is 40.2 Å². The largest absolute Gasteiger partial charge is 0.457 e. The SMILES string of the molecule is C[C@@H](NC(=O)CNC(=O)OCc1ccccc1)C(=O)O[C@H](C)C(=O)OC(C)(C)C. The van der Waals surface area contributed by atoms with Gasteiger partial charge in [-0.15, -0.1) is 0 Å². The fourth-order valence-corrected chi connectivity index (χ4v) is 1.99. The first-order valence-electron chi connectivity index (χ1n) is 9.15. The highest BCUT2D eigenvalue weighted by atomic mass is 16.6. The molecule has 0 aliphatic heterocycles. The van der Waals surface area contributed by atoms with E-state index in [1.54, 1.807) is 32.9 Å². The zero-order valence-corrected chi connectivity index (χ0v) is 17.3. The molecule has 29 heavy (non-hydrogen) atoms. The van der Waals surface area contributed by atoms with Crippen molar-refractivity contribution in [3.8, 4) is 0 Å². The maximum Gasteiger partial charge on any atom is 0.407 e. The summed E-state index contributed by atoms with van der Waals surface area (Å²) < 4.78 is 15.1. The van der Waals surface area contributed by atoms with Crippen molar-refractivity contribution in [3.63, 3.8) is 0 Å². The van der Waals surface area contributed by atoms with Crippen molar-refractivity contribution < 1.29 is 33.4 Å². The number of carbonyl (C=O) groups is 4. The number of rotatable bonds is 8. The van der Waals surface area contributed by atoms with Crippen LogP contribution in [0.5, 0.6) is 0 Å². The van der Waals surface area contributed by atoms with Crippen LogP contribution in [0, 0.1) is 0 Å². The predicted molar refractivity (Wildman–Crippen MR) is 104 cm³/mol. The lowest BCUT2D eigenvalue weighted by Crippen LogP contribution is -2.46. The predicted octanol–water partition coefficient (Wildman–Crippen LogP) is 1.69.